The van der Waals surface area contributed by atoms with Gasteiger partial charge in [-0.3, -0.25) is 20.2 Å². The van der Waals surface area contributed by atoms with E-state index in [9.17, 15) is 28.6 Å². The predicted molar refractivity (Wildman–Crippen MR) is 93.9 cm³/mol. The summed E-state index contributed by atoms with van der Waals surface area (Å²) in [6, 6.07) is 1.95. The quantitative estimate of drug-likeness (QED) is 0.518. The monoisotopic (exact) mass is 433 g/mol. The summed E-state index contributed by atoms with van der Waals surface area (Å²) in [4.78, 5) is 19.8. The number of hydrogen-bond donors (Lipinski definition) is 0. The zero-order chi connectivity index (χ0) is 19.2. The van der Waals surface area contributed by atoms with Gasteiger partial charge < -0.3 is 0 Å². The van der Waals surface area contributed by atoms with Gasteiger partial charge in [-0.2, -0.15) is 4.31 Å². The third-order valence-electron chi connectivity index (χ3n) is 3.98. The van der Waals surface area contributed by atoms with Crippen LogP contribution >= 0.6 is 15.9 Å². The van der Waals surface area contributed by atoms with Crippen LogP contribution in [-0.4, -0.2) is 35.2 Å². The van der Waals surface area contributed by atoms with Gasteiger partial charge in [0.1, 0.15) is 0 Å². The minimum Gasteiger partial charge on any atom is -0.258 e. The number of nitro benzene ring substituents is 2. The Morgan fingerprint density at radius 1 is 1.32 bits per heavy atom. The van der Waals surface area contributed by atoms with Gasteiger partial charge in [0.2, 0.25) is 0 Å². The van der Waals surface area contributed by atoms with Crippen LogP contribution in [0.15, 0.2) is 34.2 Å². The van der Waals surface area contributed by atoms with Crippen LogP contribution in [0.2, 0.25) is 0 Å². The van der Waals surface area contributed by atoms with Crippen LogP contribution in [0.1, 0.15) is 20.3 Å². The largest absolute Gasteiger partial charge is 0.296 e. The zero-order valence-corrected chi connectivity index (χ0v) is 15.9. The number of halogens is 1. The molecule has 0 bridgehead atoms. The number of hydrogen-bond acceptors (Lipinski definition) is 6. The lowest BCUT2D eigenvalue weighted by molar-refractivity contribution is -0.396. The molecule has 0 aromatic heterocycles. The Labute approximate surface area is 152 Å². The van der Waals surface area contributed by atoms with Gasteiger partial charge in [0, 0.05) is 17.1 Å². The highest BCUT2D eigenvalue weighted by Crippen LogP contribution is 2.42. The van der Waals surface area contributed by atoms with E-state index in [2.05, 4.69) is 22.5 Å². The molecule has 1 saturated heterocycles. The molecule has 136 valence electrons. The van der Waals surface area contributed by atoms with E-state index in [1.165, 1.54) is 0 Å². The number of sulfonamides is 1. The first kappa shape index (κ1) is 19.5. The van der Waals surface area contributed by atoms with Crippen molar-refractivity contribution in [2.45, 2.75) is 31.2 Å². The van der Waals surface area contributed by atoms with E-state index < -0.39 is 42.2 Å². The predicted octanol–water partition coefficient (Wildman–Crippen LogP) is 3.20. The molecule has 1 unspecified atom stereocenters. The fourth-order valence-electron chi connectivity index (χ4n) is 2.85. The van der Waals surface area contributed by atoms with Gasteiger partial charge in [-0.25, -0.2) is 8.42 Å². The highest BCUT2D eigenvalue weighted by atomic mass is 79.9. The van der Waals surface area contributed by atoms with Gasteiger partial charge in [0.15, 0.2) is 4.90 Å². The Morgan fingerprint density at radius 3 is 2.40 bits per heavy atom. The molecule has 1 atom stereocenters. The number of nitrogens with zero attached hydrogens (tertiary/aromatic N) is 3. The fourth-order valence-corrected chi connectivity index (χ4v) is 5.34. The Hall–Kier alpha value is -1.85. The fraction of sp³-hybridized carbons (Fsp3) is 0.429. The Kier molecular flexibility index (Phi) is 5.04. The normalized spacial score (nSPS) is 20.4. The molecule has 1 aromatic rings. The maximum absolute atomic E-state index is 13.0. The minimum atomic E-state index is -4.24. The Bertz CT molecular complexity index is 867. The molecule has 1 aliphatic heterocycles. The van der Waals surface area contributed by atoms with Crippen LogP contribution in [0, 0.1) is 25.6 Å². The number of non-ortho nitro benzene ring substituents is 1. The average Bonchev–Trinajstić information content (AvgIpc) is 2.83. The molecule has 0 aliphatic carbocycles. The highest BCUT2D eigenvalue weighted by molar-refractivity contribution is 9.11. The molecule has 11 heteroatoms. The molecule has 1 aromatic carbocycles. The molecular weight excluding hydrogens is 418 g/mol. The van der Waals surface area contributed by atoms with Crippen molar-refractivity contribution in [3.05, 3.63) is 49.5 Å². The smallest absolute Gasteiger partial charge is 0.258 e. The third kappa shape index (κ3) is 3.72. The van der Waals surface area contributed by atoms with Gasteiger partial charge in [-0.05, 0) is 17.9 Å². The molecule has 1 aliphatic rings. The van der Waals surface area contributed by atoms with Gasteiger partial charge >= 0.3 is 0 Å². The second-order valence-corrected chi connectivity index (χ2v) is 9.43. The minimum absolute atomic E-state index is 0.152. The topological polar surface area (TPSA) is 124 Å². The number of nitro groups is 2. The summed E-state index contributed by atoms with van der Waals surface area (Å²) in [5.41, 5.74) is -1.71. The van der Waals surface area contributed by atoms with Crippen molar-refractivity contribution in [2.24, 2.45) is 5.41 Å². The molecule has 2 rings (SSSR count). The highest BCUT2D eigenvalue weighted by Gasteiger charge is 2.46. The summed E-state index contributed by atoms with van der Waals surface area (Å²) < 4.78 is 27.7. The number of benzene rings is 1. The average molecular weight is 434 g/mol. The summed E-state index contributed by atoms with van der Waals surface area (Å²) in [7, 11) is -4.24. The molecule has 1 heterocycles. The molecule has 0 radical (unpaired) electrons. The molecule has 0 spiro atoms. The molecule has 9 nitrogen and oxygen atoms in total. The summed E-state index contributed by atoms with van der Waals surface area (Å²) in [5, 5.41) is 22.1. The van der Waals surface area contributed by atoms with Crippen LogP contribution in [0.25, 0.3) is 0 Å². The van der Waals surface area contributed by atoms with E-state index in [1.54, 1.807) is 0 Å². The molecule has 1 fully saturated rings. The Balaban J connectivity index is 2.61. The van der Waals surface area contributed by atoms with Gasteiger partial charge in [-0.15, -0.1) is 0 Å². The van der Waals surface area contributed by atoms with Crippen molar-refractivity contribution in [1.82, 2.24) is 4.31 Å². The lowest BCUT2D eigenvalue weighted by Crippen LogP contribution is -2.36. The lowest BCUT2D eigenvalue weighted by Gasteiger charge is -2.23. The van der Waals surface area contributed by atoms with Crippen molar-refractivity contribution in [1.29, 1.82) is 0 Å². The number of rotatable bonds is 5. The molecule has 25 heavy (non-hydrogen) atoms. The first-order valence-corrected chi connectivity index (χ1v) is 9.39. The van der Waals surface area contributed by atoms with Crippen molar-refractivity contribution >= 4 is 37.3 Å². The summed E-state index contributed by atoms with van der Waals surface area (Å²) >= 11 is 3.21. The SMILES string of the molecule is C=C(Br)C1CC(C)(C)CN1S(=O)(=O)c1ccc([N+](=O)[O-])cc1[N+](=O)[O-]. The maximum atomic E-state index is 13.0. The van der Waals surface area contributed by atoms with E-state index in [0.29, 0.717) is 17.0 Å². The van der Waals surface area contributed by atoms with Crippen molar-refractivity contribution in [3.8, 4) is 0 Å². The van der Waals surface area contributed by atoms with Crippen molar-refractivity contribution in [2.75, 3.05) is 6.54 Å². The molecule has 0 N–H and O–H groups in total. The first-order valence-electron chi connectivity index (χ1n) is 7.16. The van der Waals surface area contributed by atoms with Gasteiger partial charge in [0.25, 0.3) is 21.4 Å². The van der Waals surface area contributed by atoms with E-state index in [4.69, 9.17) is 0 Å². The lowest BCUT2D eigenvalue weighted by atomic mass is 9.91. The first-order chi connectivity index (χ1) is 11.4. The molecular formula is C14H16BrN3O6S. The Morgan fingerprint density at radius 2 is 1.92 bits per heavy atom. The van der Waals surface area contributed by atoms with Crippen LogP contribution < -0.4 is 0 Å². The van der Waals surface area contributed by atoms with Crippen molar-refractivity contribution in [3.63, 3.8) is 0 Å². The summed E-state index contributed by atoms with van der Waals surface area (Å²) in [6.45, 7) is 7.66. The summed E-state index contributed by atoms with van der Waals surface area (Å²) in [5.74, 6) is 0. The maximum Gasteiger partial charge on any atom is 0.296 e. The van der Waals surface area contributed by atoms with Gasteiger partial charge in [0.05, 0.1) is 22.0 Å². The van der Waals surface area contributed by atoms with Crippen molar-refractivity contribution < 1.29 is 18.3 Å². The van der Waals surface area contributed by atoms with Crippen LogP contribution in [0.4, 0.5) is 11.4 Å². The summed E-state index contributed by atoms with van der Waals surface area (Å²) in [6.07, 6.45) is 0.497. The molecule has 0 amide bonds. The van der Waals surface area contributed by atoms with E-state index >= 15 is 0 Å². The van der Waals surface area contributed by atoms with Crippen LogP contribution in [0.5, 0.6) is 0 Å². The standard InChI is InChI=1S/C14H16BrN3O6S/c1-9(15)12-7-14(2,3)8-16(12)25(23,24)13-5-4-10(17(19)20)6-11(13)18(21)22/h4-6,12H,1,7-8H2,2-3H3. The third-order valence-corrected chi connectivity index (χ3v) is 6.41. The molecule has 0 saturated carbocycles. The second-order valence-electron chi connectivity index (χ2n) is 6.55. The van der Waals surface area contributed by atoms with E-state index in [0.717, 1.165) is 16.4 Å². The van der Waals surface area contributed by atoms with Crippen LogP contribution in [0.3, 0.4) is 0 Å². The van der Waals surface area contributed by atoms with Crippen LogP contribution in [-0.2, 0) is 10.0 Å². The van der Waals surface area contributed by atoms with Gasteiger partial charge in [-0.1, -0.05) is 36.4 Å². The van der Waals surface area contributed by atoms with E-state index in [1.807, 2.05) is 13.8 Å². The second kappa shape index (κ2) is 6.46. The van der Waals surface area contributed by atoms with E-state index in [-0.39, 0.29) is 12.0 Å². The zero-order valence-electron chi connectivity index (χ0n) is 13.5.